The second-order valence-corrected chi connectivity index (χ2v) is 3.67. The quantitative estimate of drug-likeness (QED) is 0.580. The van der Waals surface area contributed by atoms with Crippen LogP contribution in [0.1, 0.15) is 6.92 Å². The molecule has 1 fully saturated rings. The van der Waals surface area contributed by atoms with E-state index in [2.05, 4.69) is 16.8 Å². The molecule has 0 saturated carbocycles. The fraction of sp³-hybridized carbons (Fsp3) is 1.00. The third-order valence-corrected chi connectivity index (χ3v) is 2.61. The van der Waals surface area contributed by atoms with Gasteiger partial charge in [0.05, 0.1) is 6.54 Å². The SMILES string of the molecule is CC[N+](=O)CCN1CCN(C)CC1. The van der Waals surface area contributed by atoms with Crippen LogP contribution in [0.15, 0.2) is 0 Å². The maximum atomic E-state index is 11.0. The fourth-order valence-corrected chi connectivity index (χ4v) is 1.48. The molecule has 76 valence electrons. The van der Waals surface area contributed by atoms with Gasteiger partial charge in [-0.25, -0.2) is 0 Å². The summed E-state index contributed by atoms with van der Waals surface area (Å²) in [4.78, 5) is 15.7. The Morgan fingerprint density at radius 1 is 1.23 bits per heavy atom. The summed E-state index contributed by atoms with van der Waals surface area (Å²) in [6.07, 6.45) is 0. The zero-order valence-corrected chi connectivity index (χ0v) is 8.70. The van der Waals surface area contributed by atoms with Crippen molar-refractivity contribution in [1.82, 2.24) is 9.80 Å². The van der Waals surface area contributed by atoms with Crippen molar-refractivity contribution in [2.24, 2.45) is 0 Å². The first-order chi connectivity index (χ1) is 6.22. The van der Waals surface area contributed by atoms with E-state index in [0.717, 1.165) is 37.5 Å². The lowest BCUT2D eigenvalue weighted by molar-refractivity contribution is -0.545. The number of nitrogens with zero attached hydrogens (tertiary/aromatic N) is 3. The van der Waals surface area contributed by atoms with Crippen LogP contribution in [0.2, 0.25) is 0 Å². The molecule has 13 heavy (non-hydrogen) atoms. The van der Waals surface area contributed by atoms with E-state index < -0.39 is 0 Å². The van der Waals surface area contributed by atoms with Crippen molar-refractivity contribution in [1.29, 1.82) is 0 Å². The third-order valence-electron chi connectivity index (χ3n) is 2.61. The van der Waals surface area contributed by atoms with Gasteiger partial charge in [-0.2, -0.15) is 0 Å². The average Bonchev–Trinajstić information content (AvgIpc) is 2.16. The predicted molar refractivity (Wildman–Crippen MR) is 53.0 cm³/mol. The Balaban J connectivity index is 2.12. The summed E-state index contributed by atoms with van der Waals surface area (Å²) < 4.78 is 1.12. The van der Waals surface area contributed by atoms with Crippen LogP contribution in [0.5, 0.6) is 0 Å². The van der Waals surface area contributed by atoms with Gasteiger partial charge in [-0.05, 0) is 18.7 Å². The minimum Gasteiger partial charge on any atom is -0.304 e. The molecular formula is C9H20N3O+. The molecule has 1 heterocycles. The highest BCUT2D eigenvalue weighted by molar-refractivity contribution is 4.68. The summed E-state index contributed by atoms with van der Waals surface area (Å²) in [6.45, 7) is 8.55. The molecule has 0 aliphatic carbocycles. The molecule has 0 bridgehead atoms. The predicted octanol–water partition coefficient (Wildman–Crippen LogP) is 0.0326. The van der Waals surface area contributed by atoms with E-state index in [1.807, 2.05) is 6.92 Å². The molecule has 4 heteroatoms. The molecule has 4 nitrogen and oxygen atoms in total. The summed E-state index contributed by atoms with van der Waals surface area (Å²) in [6, 6.07) is 0. The maximum Gasteiger partial charge on any atom is 0.204 e. The van der Waals surface area contributed by atoms with Gasteiger partial charge in [0.15, 0.2) is 6.54 Å². The van der Waals surface area contributed by atoms with Gasteiger partial charge in [-0.3, -0.25) is 4.90 Å². The minimum absolute atomic E-state index is 0.605. The molecule has 1 rings (SSSR count). The van der Waals surface area contributed by atoms with Gasteiger partial charge < -0.3 is 4.90 Å². The molecular weight excluding hydrogens is 166 g/mol. The second kappa shape index (κ2) is 5.29. The Labute approximate surface area is 80.1 Å². The highest BCUT2D eigenvalue weighted by Crippen LogP contribution is 1.97. The second-order valence-electron chi connectivity index (χ2n) is 3.67. The van der Waals surface area contributed by atoms with E-state index >= 15 is 0 Å². The molecule has 1 aliphatic heterocycles. The average molecular weight is 186 g/mol. The highest BCUT2D eigenvalue weighted by Gasteiger charge is 2.15. The van der Waals surface area contributed by atoms with Crippen LogP contribution in [0, 0.1) is 4.91 Å². The molecule has 0 N–H and O–H groups in total. The van der Waals surface area contributed by atoms with Crippen LogP contribution in [0.25, 0.3) is 0 Å². The smallest absolute Gasteiger partial charge is 0.204 e. The first kappa shape index (κ1) is 10.6. The van der Waals surface area contributed by atoms with Crippen molar-refractivity contribution in [3.8, 4) is 0 Å². The lowest BCUT2D eigenvalue weighted by Gasteiger charge is -2.31. The van der Waals surface area contributed by atoms with Crippen LogP contribution in [0.4, 0.5) is 0 Å². The maximum absolute atomic E-state index is 11.0. The Hall–Kier alpha value is -0.480. The first-order valence-electron chi connectivity index (χ1n) is 5.05. The zero-order chi connectivity index (χ0) is 9.68. The third kappa shape index (κ3) is 3.83. The molecule has 1 saturated heterocycles. The van der Waals surface area contributed by atoms with Gasteiger partial charge >= 0.3 is 0 Å². The topological polar surface area (TPSA) is 26.6 Å². The molecule has 0 aromatic rings. The van der Waals surface area contributed by atoms with E-state index in [9.17, 15) is 4.91 Å². The molecule has 0 aromatic carbocycles. The van der Waals surface area contributed by atoms with Gasteiger partial charge in [0, 0.05) is 31.1 Å². The summed E-state index contributed by atoms with van der Waals surface area (Å²) in [5, 5.41) is 0. The fourth-order valence-electron chi connectivity index (χ4n) is 1.48. The summed E-state index contributed by atoms with van der Waals surface area (Å²) in [5.41, 5.74) is 0. The van der Waals surface area contributed by atoms with Crippen molar-refractivity contribution >= 4 is 0 Å². The van der Waals surface area contributed by atoms with Gasteiger partial charge in [-0.1, -0.05) is 0 Å². The van der Waals surface area contributed by atoms with Gasteiger partial charge in [0.1, 0.15) is 0 Å². The molecule has 0 radical (unpaired) electrons. The van der Waals surface area contributed by atoms with Gasteiger partial charge in [0.2, 0.25) is 6.54 Å². The number of nitroso groups, excluding NO2 is 1. The van der Waals surface area contributed by atoms with Crippen molar-refractivity contribution < 1.29 is 4.76 Å². The number of hydrogen-bond donors (Lipinski definition) is 0. The molecule has 0 unspecified atom stereocenters. The number of hydrogen-bond acceptors (Lipinski definition) is 3. The number of likely N-dealkylation sites (N-methyl/N-ethyl adjacent to an activating group) is 2. The van der Waals surface area contributed by atoms with Crippen LogP contribution >= 0.6 is 0 Å². The van der Waals surface area contributed by atoms with E-state index in [4.69, 9.17) is 0 Å². The van der Waals surface area contributed by atoms with E-state index in [1.54, 1.807) is 0 Å². The molecule has 0 spiro atoms. The van der Waals surface area contributed by atoms with Crippen molar-refractivity contribution in [3.63, 3.8) is 0 Å². The normalized spacial score (nSPS) is 20.5. The Morgan fingerprint density at radius 2 is 1.85 bits per heavy atom. The molecule has 0 atom stereocenters. The first-order valence-corrected chi connectivity index (χ1v) is 5.05. The Bertz CT molecular complexity index is 164. The van der Waals surface area contributed by atoms with E-state index in [1.165, 1.54) is 0 Å². The number of rotatable bonds is 4. The van der Waals surface area contributed by atoms with E-state index in [-0.39, 0.29) is 0 Å². The highest BCUT2D eigenvalue weighted by atomic mass is 16.3. The monoisotopic (exact) mass is 186 g/mol. The largest absolute Gasteiger partial charge is 0.304 e. The Kier molecular flexibility index (Phi) is 4.32. The Morgan fingerprint density at radius 3 is 2.38 bits per heavy atom. The summed E-state index contributed by atoms with van der Waals surface area (Å²) >= 11 is 0. The van der Waals surface area contributed by atoms with Crippen LogP contribution < -0.4 is 0 Å². The minimum atomic E-state index is 0.605. The van der Waals surface area contributed by atoms with E-state index in [0.29, 0.717) is 13.1 Å². The zero-order valence-electron chi connectivity index (χ0n) is 8.70. The molecule has 1 aliphatic rings. The van der Waals surface area contributed by atoms with Crippen LogP contribution in [0.3, 0.4) is 0 Å². The van der Waals surface area contributed by atoms with Gasteiger partial charge in [-0.15, -0.1) is 0 Å². The van der Waals surface area contributed by atoms with Crippen molar-refractivity contribution in [2.75, 3.05) is 52.9 Å². The molecule has 0 amide bonds. The summed E-state index contributed by atoms with van der Waals surface area (Å²) in [5.74, 6) is 0. The van der Waals surface area contributed by atoms with Crippen LogP contribution in [-0.2, 0) is 0 Å². The van der Waals surface area contributed by atoms with Gasteiger partial charge in [0.25, 0.3) is 0 Å². The molecule has 0 aromatic heterocycles. The van der Waals surface area contributed by atoms with Crippen molar-refractivity contribution in [2.45, 2.75) is 6.92 Å². The van der Waals surface area contributed by atoms with Crippen molar-refractivity contribution in [3.05, 3.63) is 4.91 Å². The van der Waals surface area contributed by atoms with Crippen LogP contribution in [-0.4, -0.2) is 67.4 Å². The standard InChI is InChI=1S/C9H20N3O/c1-3-12(13)9-8-11-6-4-10(2)5-7-11/h3-9H2,1-2H3/q+1. The summed E-state index contributed by atoms with van der Waals surface area (Å²) in [7, 11) is 2.14. The lowest BCUT2D eigenvalue weighted by atomic mass is 10.3. The lowest BCUT2D eigenvalue weighted by Crippen LogP contribution is -2.46. The number of piperazine rings is 1.